The Morgan fingerprint density at radius 2 is 2.17 bits per heavy atom. The minimum atomic E-state index is -0.583. The molecular formula is C21H22N6O3. The van der Waals surface area contributed by atoms with Crippen LogP contribution in [0.25, 0.3) is 0 Å². The van der Waals surface area contributed by atoms with E-state index in [0.29, 0.717) is 47.1 Å². The second kappa shape index (κ2) is 8.34. The number of hydrogen-bond donors (Lipinski definition) is 4. The number of rotatable bonds is 6. The molecular weight excluding hydrogens is 384 g/mol. The highest BCUT2D eigenvalue weighted by molar-refractivity contribution is 6.05. The number of aromatic hydroxyl groups is 1. The summed E-state index contributed by atoms with van der Waals surface area (Å²) in [6.45, 7) is 1.85. The molecule has 2 aromatic heterocycles. The van der Waals surface area contributed by atoms with Crippen molar-refractivity contribution in [1.82, 2.24) is 19.7 Å². The van der Waals surface area contributed by atoms with Crippen molar-refractivity contribution in [2.45, 2.75) is 25.8 Å². The van der Waals surface area contributed by atoms with Gasteiger partial charge < -0.3 is 20.8 Å². The van der Waals surface area contributed by atoms with Gasteiger partial charge in [0.15, 0.2) is 5.82 Å². The molecule has 30 heavy (non-hydrogen) atoms. The summed E-state index contributed by atoms with van der Waals surface area (Å²) in [6.07, 6.45) is 4.26. The SMILES string of the molecule is CC1=C(C(=O)Nc2cccnc2)C(c2cccc(O)c2)n2nc(CCCO)nc2N1. The van der Waals surface area contributed by atoms with Crippen LogP contribution in [0.5, 0.6) is 5.75 Å². The summed E-state index contributed by atoms with van der Waals surface area (Å²) in [5.74, 6) is 0.863. The van der Waals surface area contributed by atoms with E-state index in [4.69, 9.17) is 5.11 Å². The normalized spacial score (nSPS) is 15.5. The monoisotopic (exact) mass is 406 g/mol. The van der Waals surface area contributed by atoms with Crippen molar-refractivity contribution >= 4 is 17.5 Å². The Balaban J connectivity index is 1.77. The molecule has 4 rings (SSSR count). The maximum Gasteiger partial charge on any atom is 0.255 e. The number of nitrogens with zero attached hydrogens (tertiary/aromatic N) is 4. The fourth-order valence-corrected chi connectivity index (χ4v) is 3.47. The highest BCUT2D eigenvalue weighted by Gasteiger charge is 2.34. The molecule has 154 valence electrons. The summed E-state index contributed by atoms with van der Waals surface area (Å²) >= 11 is 0. The summed E-state index contributed by atoms with van der Waals surface area (Å²) < 4.78 is 1.65. The molecule has 0 aliphatic carbocycles. The predicted octanol–water partition coefficient (Wildman–Crippen LogP) is 2.23. The first-order valence-corrected chi connectivity index (χ1v) is 9.61. The minimum absolute atomic E-state index is 0.0450. The minimum Gasteiger partial charge on any atom is -0.508 e. The van der Waals surface area contributed by atoms with Crippen molar-refractivity contribution in [3.05, 3.63) is 71.4 Å². The van der Waals surface area contributed by atoms with Crippen molar-refractivity contribution in [2.75, 3.05) is 17.2 Å². The Morgan fingerprint density at radius 1 is 1.30 bits per heavy atom. The number of carbonyl (C=O) groups excluding carboxylic acids is 1. The zero-order valence-electron chi connectivity index (χ0n) is 16.4. The number of allylic oxidation sites excluding steroid dienone is 1. The quantitative estimate of drug-likeness (QED) is 0.495. The summed E-state index contributed by atoms with van der Waals surface area (Å²) in [6, 6.07) is 9.66. The van der Waals surface area contributed by atoms with Gasteiger partial charge in [0.1, 0.15) is 11.8 Å². The number of phenolic OH excluding ortho intramolecular Hbond substituents is 1. The summed E-state index contributed by atoms with van der Waals surface area (Å²) in [4.78, 5) is 21.8. The van der Waals surface area contributed by atoms with E-state index >= 15 is 0 Å². The second-order valence-corrected chi connectivity index (χ2v) is 6.98. The highest BCUT2D eigenvalue weighted by Crippen LogP contribution is 2.36. The fraction of sp³-hybridized carbons (Fsp3) is 0.238. The summed E-state index contributed by atoms with van der Waals surface area (Å²) in [5.41, 5.74) is 2.37. The number of hydrogen-bond acceptors (Lipinski definition) is 7. The van der Waals surface area contributed by atoms with Gasteiger partial charge in [-0.3, -0.25) is 9.78 Å². The number of phenols is 1. The van der Waals surface area contributed by atoms with Gasteiger partial charge in [-0.05, 0) is 43.2 Å². The van der Waals surface area contributed by atoms with Crippen molar-refractivity contribution in [3.63, 3.8) is 0 Å². The number of anilines is 2. The fourth-order valence-electron chi connectivity index (χ4n) is 3.47. The van der Waals surface area contributed by atoms with Gasteiger partial charge in [0.2, 0.25) is 5.95 Å². The highest BCUT2D eigenvalue weighted by atomic mass is 16.3. The number of benzene rings is 1. The Morgan fingerprint density at radius 3 is 2.90 bits per heavy atom. The van der Waals surface area contributed by atoms with E-state index < -0.39 is 6.04 Å². The van der Waals surface area contributed by atoms with Gasteiger partial charge in [-0.15, -0.1) is 0 Å². The summed E-state index contributed by atoms with van der Waals surface area (Å²) in [7, 11) is 0. The van der Waals surface area contributed by atoms with Crippen LogP contribution in [0.15, 0.2) is 60.1 Å². The van der Waals surface area contributed by atoms with Crippen LogP contribution in [-0.4, -0.2) is 42.5 Å². The van der Waals surface area contributed by atoms with Crippen LogP contribution in [0, 0.1) is 0 Å². The molecule has 4 N–H and O–H groups in total. The van der Waals surface area contributed by atoms with Crippen LogP contribution in [0.2, 0.25) is 0 Å². The molecule has 1 atom stereocenters. The van der Waals surface area contributed by atoms with E-state index in [9.17, 15) is 9.90 Å². The lowest BCUT2D eigenvalue weighted by atomic mass is 9.95. The largest absolute Gasteiger partial charge is 0.508 e. The van der Waals surface area contributed by atoms with Crippen molar-refractivity contribution in [3.8, 4) is 5.75 Å². The second-order valence-electron chi connectivity index (χ2n) is 6.98. The van der Waals surface area contributed by atoms with E-state index in [1.54, 1.807) is 54.3 Å². The molecule has 3 heterocycles. The third kappa shape index (κ3) is 3.87. The maximum atomic E-state index is 13.2. The molecule has 0 spiro atoms. The average Bonchev–Trinajstić information content (AvgIpc) is 3.14. The third-order valence-electron chi connectivity index (χ3n) is 4.80. The molecule has 1 aromatic carbocycles. The van der Waals surface area contributed by atoms with E-state index in [0.717, 1.165) is 0 Å². The molecule has 1 aliphatic rings. The molecule has 0 bridgehead atoms. The number of pyridine rings is 1. The molecule has 0 saturated carbocycles. The zero-order chi connectivity index (χ0) is 21.1. The predicted molar refractivity (Wildman–Crippen MR) is 111 cm³/mol. The number of aromatic nitrogens is 4. The summed E-state index contributed by atoms with van der Waals surface area (Å²) in [5, 5.41) is 29.7. The molecule has 0 fully saturated rings. The van der Waals surface area contributed by atoms with Crippen LogP contribution in [0.3, 0.4) is 0 Å². The van der Waals surface area contributed by atoms with Crippen molar-refractivity contribution in [2.24, 2.45) is 0 Å². The number of nitrogens with one attached hydrogen (secondary N) is 2. The van der Waals surface area contributed by atoms with Crippen LogP contribution in [-0.2, 0) is 11.2 Å². The van der Waals surface area contributed by atoms with Gasteiger partial charge >= 0.3 is 0 Å². The van der Waals surface area contributed by atoms with E-state index in [1.165, 1.54) is 0 Å². The van der Waals surface area contributed by atoms with E-state index in [-0.39, 0.29) is 18.3 Å². The van der Waals surface area contributed by atoms with Gasteiger partial charge in [-0.25, -0.2) is 4.68 Å². The Labute approximate surface area is 173 Å². The molecule has 9 heteroatoms. The Kier molecular flexibility index (Phi) is 5.44. The first kappa shape index (κ1) is 19.6. The Hall–Kier alpha value is -3.72. The number of fused-ring (bicyclic) bond motifs is 1. The number of amides is 1. The molecule has 1 aliphatic heterocycles. The molecule has 1 amide bonds. The number of aryl methyl sites for hydroxylation is 1. The first-order chi connectivity index (χ1) is 14.6. The van der Waals surface area contributed by atoms with E-state index in [2.05, 4.69) is 25.7 Å². The number of carbonyl (C=O) groups is 1. The maximum absolute atomic E-state index is 13.2. The lowest BCUT2D eigenvalue weighted by molar-refractivity contribution is -0.113. The van der Waals surface area contributed by atoms with Crippen molar-refractivity contribution in [1.29, 1.82) is 0 Å². The van der Waals surface area contributed by atoms with Gasteiger partial charge in [0.25, 0.3) is 5.91 Å². The zero-order valence-corrected chi connectivity index (χ0v) is 16.4. The van der Waals surface area contributed by atoms with Gasteiger partial charge in [0.05, 0.1) is 17.5 Å². The van der Waals surface area contributed by atoms with Crippen LogP contribution in [0.1, 0.15) is 30.8 Å². The van der Waals surface area contributed by atoms with Gasteiger partial charge in [-0.2, -0.15) is 10.1 Å². The number of aliphatic hydroxyl groups is 1. The molecule has 1 unspecified atom stereocenters. The third-order valence-corrected chi connectivity index (χ3v) is 4.80. The lowest BCUT2D eigenvalue weighted by Crippen LogP contribution is -2.31. The topological polar surface area (TPSA) is 125 Å². The number of aliphatic hydroxyl groups excluding tert-OH is 1. The standard InChI is InChI=1S/C21H22N6O3/c1-13-18(20(30)24-15-6-3-9-22-12-15)19(14-5-2-7-16(29)11-14)27-21(23-13)25-17(26-27)8-4-10-28/h2-3,5-7,9,11-12,19,28-29H,4,8,10H2,1H3,(H,24,30)(H,23,25,26). The van der Waals surface area contributed by atoms with Crippen LogP contribution < -0.4 is 10.6 Å². The van der Waals surface area contributed by atoms with Crippen molar-refractivity contribution < 1.29 is 15.0 Å². The molecule has 0 radical (unpaired) electrons. The van der Waals surface area contributed by atoms with Gasteiger partial charge in [-0.1, -0.05) is 12.1 Å². The van der Waals surface area contributed by atoms with Crippen LogP contribution >= 0.6 is 0 Å². The van der Waals surface area contributed by atoms with Crippen LogP contribution in [0.4, 0.5) is 11.6 Å². The lowest BCUT2D eigenvalue weighted by Gasteiger charge is -2.28. The van der Waals surface area contributed by atoms with E-state index in [1.807, 2.05) is 6.07 Å². The average molecular weight is 406 g/mol. The molecule has 0 saturated heterocycles. The molecule has 9 nitrogen and oxygen atoms in total. The first-order valence-electron chi connectivity index (χ1n) is 9.61. The Bertz CT molecular complexity index is 1090. The van der Waals surface area contributed by atoms with Gasteiger partial charge in [0, 0.05) is 24.9 Å². The molecule has 3 aromatic rings. The smallest absolute Gasteiger partial charge is 0.255 e.